The lowest BCUT2D eigenvalue weighted by atomic mass is 10.1. The highest BCUT2D eigenvalue weighted by Crippen LogP contribution is 2.15. The van der Waals surface area contributed by atoms with E-state index in [0.29, 0.717) is 6.04 Å². The Labute approximate surface area is 129 Å². The first-order valence-corrected chi connectivity index (χ1v) is 8.38. The van der Waals surface area contributed by atoms with Crippen LogP contribution in [-0.2, 0) is 4.74 Å². The second-order valence-corrected chi connectivity index (χ2v) is 7.27. The summed E-state index contributed by atoms with van der Waals surface area (Å²) in [5.74, 6) is 0. The van der Waals surface area contributed by atoms with E-state index >= 15 is 0 Å². The molecule has 2 heterocycles. The van der Waals surface area contributed by atoms with E-state index in [4.69, 9.17) is 4.74 Å². The van der Waals surface area contributed by atoms with E-state index in [-0.39, 0.29) is 6.09 Å². The fourth-order valence-corrected chi connectivity index (χ4v) is 3.03. The second-order valence-electron chi connectivity index (χ2n) is 7.27. The third-order valence-electron chi connectivity index (χ3n) is 4.15. The van der Waals surface area contributed by atoms with E-state index in [1.807, 2.05) is 25.7 Å². The van der Waals surface area contributed by atoms with Crippen molar-refractivity contribution in [3.63, 3.8) is 0 Å². The van der Waals surface area contributed by atoms with Crippen LogP contribution >= 0.6 is 0 Å². The third-order valence-corrected chi connectivity index (χ3v) is 4.15. The summed E-state index contributed by atoms with van der Waals surface area (Å²) in [5.41, 5.74) is -0.406. The number of rotatable bonds is 4. The molecule has 2 saturated heterocycles. The third kappa shape index (κ3) is 5.83. The highest BCUT2D eigenvalue weighted by Gasteiger charge is 2.29. The predicted molar refractivity (Wildman–Crippen MR) is 84.5 cm³/mol. The van der Waals surface area contributed by atoms with E-state index in [9.17, 15) is 4.79 Å². The van der Waals surface area contributed by atoms with Crippen molar-refractivity contribution in [1.82, 2.24) is 15.1 Å². The van der Waals surface area contributed by atoms with E-state index in [0.717, 1.165) is 32.6 Å². The van der Waals surface area contributed by atoms with Gasteiger partial charge in [-0.25, -0.2) is 4.79 Å². The van der Waals surface area contributed by atoms with Crippen molar-refractivity contribution in [3.8, 4) is 0 Å². The first-order chi connectivity index (χ1) is 9.94. The van der Waals surface area contributed by atoms with Crippen LogP contribution in [0.3, 0.4) is 0 Å². The number of carbonyl (C=O) groups excluding carboxylic acids is 1. The molecule has 0 radical (unpaired) electrons. The lowest BCUT2D eigenvalue weighted by molar-refractivity contribution is 0.0291. The summed E-state index contributed by atoms with van der Waals surface area (Å²) in [7, 11) is 0. The molecule has 0 saturated carbocycles. The van der Waals surface area contributed by atoms with E-state index in [1.165, 1.54) is 32.4 Å². The zero-order valence-electron chi connectivity index (χ0n) is 13.9. The van der Waals surface area contributed by atoms with E-state index < -0.39 is 5.60 Å². The van der Waals surface area contributed by atoms with Gasteiger partial charge in [0.05, 0.1) is 0 Å². The molecule has 2 fully saturated rings. The molecule has 1 N–H and O–H groups in total. The minimum absolute atomic E-state index is 0.178. The lowest BCUT2D eigenvalue weighted by Crippen LogP contribution is -2.41. The Kier molecular flexibility index (Phi) is 5.88. The molecular formula is C16H31N3O2. The molecule has 0 aromatic carbocycles. The van der Waals surface area contributed by atoms with Crippen molar-refractivity contribution < 1.29 is 9.53 Å². The molecule has 5 nitrogen and oxygen atoms in total. The van der Waals surface area contributed by atoms with Gasteiger partial charge in [0.25, 0.3) is 0 Å². The van der Waals surface area contributed by atoms with Crippen LogP contribution in [0.5, 0.6) is 0 Å². The molecule has 2 aliphatic heterocycles. The van der Waals surface area contributed by atoms with Crippen molar-refractivity contribution in [3.05, 3.63) is 0 Å². The number of nitrogens with one attached hydrogen (secondary N) is 1. The van der Waals surface area contributed by atoms with Gasteiger partial charge in [-0.2, -0.15) is 0 Å². The van der Waals surface area contributed by atoms with Gasteiger partial charge in [-0.3, -0.25) is 0 Å². The van der Waals surface area contributed by atoms with Crippen LogP contribution in [0.15, 0.2) is 0 Å². The van der Waals surface area contributed by atoms with Crippen molar-refractivity contribution in [1.29, 1.82) is 0 Å². The number of likely N-dealkylation sites (tertiary alicyclic amines) is 2. The van der Waals surface area contributed by atoms with Gasteiger partial charge in [0.2, 0.25) is 0 Å². The number of hydrogen-bond donors (Lipinski definition) is 1. The molecule has 0 aromatic rings. The van der Waals surface area contributed by atoms with Gasteiger partial charge in [0, 0.05) is 32.2 Å². The van der Waals surface area contributed by atoms with Crippen LogP contribution in [0.1, 0.15) is 46.5 Å². The monoisotopic (exact) mass is 297 g/mol. The van der Waals surface area contributed by atoms with Gasteiger partial charge in [-0.05, 0) is 53.1 Å². The Hall–Kier alpha value is -0.810. The summed E-state index contributed by atoms with van der Waals surface area (Å²) in [6, 6.07) is 0.419. The highest BCUT2D eigenvalue weighted by atomic mass is 16.6. The Bertz CT molecular complexity index is 335. The van der Waals surface area contributed by atoms with Gasteiger partial charge in [-0.1, -0.05) is 6.42 Å². The Morgan fingerprint density at radius 3 is 2.57 bits per heavy atom. The van der Waals surface area contributed by atoms with Crippen LogP contribution in [0.2, 0.25) is 0 Å². The largest absolute Gasteiger partial charge is 0.444 e. The molecule has 0 aliphatic carbocycles. The van der Waals surface area contributed by atoms with Crippen LogP contribution in [-0.4, -0.2) is 66.8 Å². The maximum atomic E-state index is 12.0. The zero-order valence-corrected chi connectivity index (χ0v) is 13.9. The number of ether oxygens (including phenoxy) is 1. The molecule has 0 unspecified atom stereocenters. The zero-order chi connectivity index (χ0) is 15.3. The van der Waals surface area contributed by atoms with Crippen LogP contribution < -0.4 is 5.32 Å². The summed E-state index contributed by atoms with van der Waals surface area (Å²) < 4.78 is 5.42. The normalized spacial score (nSPS) is 24.3. The molecule has 21 heavy (non-hydrogen) atoms. The minimum Gasteiger partial charge on any atom is -0.444 e. The molecule has 122 valence electrons. The number of piperidine rings is 1. The van der Waals surface area contributed by atoms with Crippen LogP contribution in [0.25, 0.3) is 0 Å². The van der Waals surface area contributed by atoms with Gasteiger partial charge < -0.3 is 19.9 Å². The molecule has 0 bridgehead atoms. The Balaban J connectivity index is 1.62. The minimum atomic E-state index is -0.406. The average Bonchev–Trinajstić information content (AvgIpc) is 2.87. The fraction of sp³-hybridized carbons (Fsp3) is 0.938. The SMILES string of the molecule is CC(C)(C)OC(=O)N1CC[C@H](NCCN2CCCCC2)C1. The summed E-state index contributed by atoms with van der Waals surface area (Å²) in [6.45, 7) is 12.0. The van der Waals surface area contributed by atoms with Gasteiger partial charge in [0.1, 0.15) is 5.60 Å². The molecule has 0 aromatic heterocycles. The van der Waals surface area contributed by atoms with Gasteiger partial charge in [0.15, 0.2) is 0 Å². The molecule has 1 amide bonds. The predicted octanol–water partition coefficient (Wildman–Crippen LogP) is 2.07. The standard InChI is InChI=1S/C16H31N3O2/c1-16(2,3)21-15(20)19-11-7-14(13-19)17-8-12-18-9-5-4-6-10-18/h14,17H,4-13H2,1-3H3/t14-/m0/s1. The van der Waals surface area contributed by atoms with Crippen molar-refractivity contribution in [2.24, 2.45) is 0 Å². The summed E-state index contributed by atoms with van der Waals surface area (Å²) in [4.78, 5) is 16.4. The van der Waals surface area contributed by atoms with Crippen LogP contribution in [0, 0.1) is 0 Å². The molecule has 2 rings (SSSR count). The first kappa shape index (κ1) is 16.6. The maximum Gasteiger partial charge on any atom is 0.410 e. The highest BCUT2D eigenvalue weighted by molar-refractivity contribution is 5.68. The Morgan fingerprint density at radius 1 is 1.19 bits per heavy atom. The fourth-order valence-electron chi connectivity index (χ4n) is 3.03. The number of hydrogen-bond acceptors (Lipinski definition) is 4. The topological polar surface area (TPSA) is 44.8 Å². The number of carbonyl (C=O) groups is 1. The van der Waals surface area contributed by atoms with Crippen LogP contribution in [0.4, 0.5) is 4.79 Å². The maximum absolute atomic E-state index is 12.0. The molecule has 0 spiro atoms. The first-order valence-electron chi connectivity index (χ1n) is 8.38. The van der Waals surface area contributed by atoms with E-state index in [2.05, 4.69) is 10.2 Å². The van der Waals surface area contributed by atoms with Crippen molar-refractivity contribution >= 4 is 6.09 Å². The molecule has 1 atom stereocenters. The number of amides is 1. The van der Waals surface area contributed by atoms with Crippen molar-refractivity contribution in [2.75, 3.05) is 39.3 Å². The van der Waals surface area contributed by atoms with E-state index in [1.54, 1.807) is 0 Å². The lowest BCUT2D eigenvalue weighted by Gasteiger charge is -2.27. The average molecular weight is 297 g/mol. The Morgan fingerprint density at radius 2 is 1.90 bits per heavy atom. The van der Waals surface area contributed by atoms with Gasteiger partial charge >= 0.3 is 6.09 Å². The molecular weight excluding hydrogens is 266 g/mol. The number of nitrogens with zero attached hydrogens (tertiary/aromatic N) is 2. The summed E-state index contributed by atoms with van der Waals surface area (Å²) in [6.07, 6.45) is 4.92. The smallest absolute Gasteiger partial charge is 0.410 e. The summed E-state index contributed by atoms with van der Waals surface area (Å²) in [5, 5.41) is 3.59. The quantitative estimate of drug-likeness (QED) is 0.863. The molecule has 2 aliphatic rings. The second kappa shape index (κ2) is 7.45. The van der Waals surface area contributed by atoms with Crippen molar-refractivity contribution in [2.45, 2.75) is 58.1 Å². The van der Waals surface area contributed by atoms with Gasteiger partial charge in [-0.15, -0.1) is 0 Å². The summed E-state index contributed by atoms with van der Waals surface area (Å²) >= 11 is 0. The molecule has 5 heteroatoms.